The third-order valence-electron chi connectivity index (χ3n) is 5.53. The number of alkyl halides is 3. The lowest BCUT2D eigenvalue weighted by molar-refractivity contribution is -0.137. The number of imidazole rings is 1. The molecule has 2 amide bonds. The minimum atomic E-state index is -4.87. The first-order valence-electron chi connectivity index (χ1n) is 9.97. The van der Waals surface area contributed by atoms with Crippen LogP contribution in [0.5, 0.6) is 0 Å². The number of nitrogens with zero attached hydrogens (tertiary/aromatic N) is 2. The largest absolute Gasteiger partial charge is 0.416 e. The number of pyridine rings is 1. The smallest absolute Gasteiger partial charge is 0.340 e. The van der Waals surface area contributed by atoms with Gasteiger partial charge in [-0.1, -0.05) is 11.6 Å². The summed E-state index contributed by atoms with van der Waals surface area (Å²) in [4.78, 5) is 29.8. The molecule has 0 aliphatic carbocycles. The van der Waals surface area contributed by atoms with Crippen molar-refractivity contribution in [3.63, 3.8) is 0 Å². The summed E-state index contributed by atoms with van der Waals surface area (Å²) in [5.74, 6) is -3.50. The van der Waals surface area contributed by atoms with Gasteiger partial charge in [0.2, 0.25) is 0 Å². The molecule has 178 valence electrons. The molecule has 2 aromatic heterocycles. The maximum Gasteiger partial charge on any atom is 0.416 e. The van der Waals surface area contributed by atoms with E-state index in [2.05, 4.69) is 15.6 Å². The number of hydrogen-bond donors (Lipinski definition) is 2. The van der Waals surface area contributed by atoms with Gasteiger partial charge in [0.05, 0.1) is 35.3 Å². The van der Waals surface area contributed by atoms with E-state index >= 15 is 0 Å². The van der Waals surface area contributed by atoms with Crippen molar-refractivity contribution in [1.82, 2.24) is 14.7 Å². The highest BCUT2D eigenvalue weighted by Crippen LogP contribution is 2.40. The van der Waals surface area contributed by atoms with Crippen LogP contribution in [0.1, 0.15) is 43.6 Å². The van der Waals surface area contributed by atoms with E-state index in [1.807, 2.05) is 0 Å². The highest BCUT2D eigenvalue weighted by molar-refractivity contribution is 6.31. The molecule has 12 heteroatoms. The van der Waals surface area contributed by atoms with Gasteiger partial charge in [-0.2, -0.15) is 13.2 Å². The first-order valence-corrected chi connectivity index (χ1v) is 10.3. The number of aromatic nitrogens is 2. The average molecular weight is 507 g/mol. The van der Waals surface area contributed by atoms with E-state index in [1.54, 1.807) is 0 Å². The normalized spacial score (nSPS) is 15.3. The van der Waals surface area contributed by atoms with Crippen LogP contribution < -0.4 is 10.6 Å². The van der Waals surface area contributed by atoms with E-state index in [1.165, 1.54) is 29.1 Å². The minimum absolute atomic E-state index is 0.0273. The van der Waals surface area contributed by atoms with Crippen molar-refractivity contribution in [2.75, 3.05) is 5.32 Å². The van der Waals surface area contributed by atoms with Gasteiger partial charge < -0.3 is 10.6 Å². The van der Waals surface area contributed by atoms with Gasteiger partial charge in [-0.05, 0) is 42.5 Å². The molecule has 0 radical (unpaired) electrons. The van der Waals surface area contributed by atoms with Gasteiger partial charge in [-0.3, -0.25) is 14.0 Å². The van der Waals surface area contributed by atoms with Crippen LogP contribution >= 0.6 is 11.6 Å². The molecular weight excluding hydrogens is 495 g/mol. The lowest BCUT2D eigenvalue weighted by Crippen LogP contribution is -2.21. The van der Waals surface area contributed by atoms with Crippen molar-refractivity contribution < 1.29 is 31.5 Å². The average Bonchev–Trinajstić information content (AvgIpc) is 3.38. The zero-order valence-corrected chi connectivity index (χ0v) is 18.0. The topological polar surface area (TPSA) is 75.5 Å². The summed E-state index contributed by atoms with van der Waals surface area (Å²) >= 11 is 6.25. The quantitative estimate of drug-likeness (QED) is 0.367. The molecule has 1 unspecified atom stereocenters. The molecule has 1 aliphatic rings. The van der Waals surface area contributed by atoms with Crippen molar-refractivity contribution in [3.05, 3.63) is 99.6 Å². The van der Waals surface area contributed by atoms with Crippen LogP contribution in [0.4, 0.5) is 27.6 Å². The van der Waals surface area contributed by atoms with Gasteiger partial charge in [0.15, 0.2) is 0 Å². The summed E-state index contributed by atoms with van der Waals surface area (Å²) in [6.45, 7) is 0. The Morgan fingerprint density at radius 2 is 1.86 bits per heavy atom. The summed E-state index contributed by atoms with van der Waals surface area (Å²) in [5.41, 5.74) is -1.06. The number of benzene rings is 2. The Morgan fingerprint density at radius 1 is 1.09 bits per heavy atom. The lowest BCUT2D eigenvalue weighted by Gasteiger charge is -2.18. The van der Waals surface area contributed by atoms with E-state index < -0.39 is 46.8 Å². The predicted molar refractivity (Wildman–Crippen MR) is 115 cm³/mol. The van der Waals surface area contributed by atoms with Crippen molar-refractivity contribution >= 4 is 34.6 Å². The number of hydrogen-bond acceptors (Lipinski definition) is 3. The van der Waals surface area contributed by atoms with Crippen LogP contribution in [0.25, 0.3) is 5.52 Å². The third kappa shape index (κ3) is 3.97. The molecular formula is C23H12ClF5N4O2. The van der Waals surface area contributed by atoms with Crippen molar-refractivity contribution in [1.29, 1.82) is 0 Å². The number of amides is 2. The molecule has 3 heterocycles. The molecule has 2 N–H and O–H groups in total. The zero-order valence-electron chi connectivity index (χ0n) is 17.3. The van der Waals surface area contributed by atoms with E-state index in [0.29, 0.717) is 17.6 Å². The molecule has 2 aromatic carbocycles. The van der Waals surface area contributed by atoms with Gasteiger partial charge in [-0.25, -0.2) is 13.8 Å². The van der Waals surface area contributed by atoms with Crippen LogP contribution in [0.3, 0.4) is 0 Å². The van der Waals surface area contributed by atoms with Crippen LogP contribution in [0.2, 0.25) is 5.02 Å². The molecule has 4 aromatic rings. The predicted octanol–water partition coefficient (Wildman–Crippen LogP) is 5.37. The second-order valence-electron chi connectivity index (χ2n) is 7.76. The van der Waals surface area contributed by atoms with E-state index in [9.17, 15) is 31.5 Å². The third-order valence-corrected chi connectivity index (χ3v) is 5.87. The highest BCUT2D eigenvalue weighted by Gasteiger charge is 2.37. The molecule has 5 rings (SSSR count). The lowest BCUT2D eigenvalue weighted by atomic mass is 9.98. The molecule has 35 heavy (non-hydrogen) atoms. The Kier molecular flexibility index (Phi) is 5.24. The summed E-state index contributed by atoms with van der Waals surface area (Å²) in [7, 11) is 0. The van der Waals surface area contributed by atoms with E-state index in [0.717, 1.165) is 12.1 Å². The minimum Gasteiger partial charge on any atom is -0.340 e. The summed E-state index contributed by atoms with van der Waals surface area (Å²) in [5, 5.41) is 5.27. The van der Waals surface area contributed by atoms with Crippen molar-refractivity contribution in [2.24, 2.45) is 0 Å². The Labute approximate surface area is 198 Å². The zero-order chi connectivity index (χ0) is 25.1. The molecule has 0 saturated carbocycles. The number of anilines is 1. The highest BCUT2D eigenvalue weighted by atomic mass is 35.5. The number of halogens is 6. The Balaban J connectivity index is 1.65. The van der Waals surface area contributed by atoms with Gasteiger partial charge in [0.1, 0.15) is 17.3 Å². The Hall–Kier alpha value is -3.99. The number of carbonyl (C=O) groups is 2. The standard InChI is InChI=1S/C23H12ClF5N4O2/c24-16-2-1-12(25)6-15(16)19-18-17(7-14-8-30-9-33(14)20(18)22(35)32-19)31-21(34)10-3-11(23(27,28)29)5-13(26)4-10/h1-9,19H,(H,31,34)(H,32,35). The van der Waals surface area contributed by atoms with Gasteiger partial charge in [-0.15, -0.1) is 0 Å². The van der Waals surface area contributed by atoms with Crippen LogP contribution in [0, 0.1) is 11.6 Å². The second-order valence-corrected chi connectivity index (χ2v) is 8.17. The van der Waals surface area contributed by atoms with Crippen molar-refractivity contribution in [2.45, 2.75) is 12.2 Å². The maximum absolute atomic E-state index is 14.0. The van der Waals surface area contributed by atoms with Crippen LogP contribution in [0.15, 0.2) is 55.0 Å². The summed E-state index contributed by atoms with van der Waals surface area (Å²) < 4.78 is 68.6. The molecule has 1 aliphatic heterocycles. The molecule has 0 bridgehead atoms. The fourth-order valence-corrected chi connectivity index (χ4v) is 4.26. The molecule has 6 nitrogen and oxygen atoms in total. The maximum atomic E-state index is 14.0. The number of carbonyl (C=O) groups excluding carboxylic acids is 2. The fraction of sp³-hybridized carbons (Fsp3) is 0.0870. The van der Waals surface area contributed by atoms with E-state index in [-0.39, 0.29) is 33.6 Å². The summed E-state index contributed by atoms with van der Waals surface area (Å²) in [6, 6.07) is 5.44. The van der Waals surface area contributed by atoms with Crippen LogP contribution in [-0.4, -0.2) is 21.2 Å². The first kappa shape index (κ1) is 22.8. The van der Waals surface area contributed by atoms with Gasteiger partial charge >= 0.3 is 6.18 Å². The first-order chi connectivity index (χ1) is 16.5. The number of nitrogens with one attached hydrogen (secondary N) is 2. The summed E-state index contributed by atoms with van der Waals surface area (Å²) in [6.07, 6.45) is -2.11. The molecule has 1 atom stereocenters. The van der Waals surface area contributed by atoms with Crippen molar-refractivity contribution in [3.8, 4) is 0 Å². The monoisotopic (exact) mass is 506 g/mol. The Morgan fingerprint density at radius 3 is 2.60 bits per heavy atom. The fourth-order valence-electron chi connectivity index (χ4n) is 4.03. The van der Waals surface area contributed by atoms with Gasteiger partial charge in [0, 0.05) is 21.7 Å². The van der Waals surface area contributed by atoms with E-state index in [4.69, 9.17) is 11.6 Å². The molecule has 0 fully saturated rings. The molecule has 0 spiro atoms. The SMILES string of the molecule is O=C(Nc1cc2cncn2c2c1C(c1cc(F)ccc1Cl)NC2=O)c1cc(F)cc(C(F)(F)F)c1. The number of rotatable bonds is 3. The Bertz CT molecular complexity index is 1530. The number of fused-ring (bicyclic) bond motifs is 3. The van der Waals surface area contributed by atoms with Crippen LogP contribution in [-0.2, 0) is 6.18 Å². The molecule has 0 saturated heterocycles. The second kappa shape index (κ2) is 8.05. The van der Waals surface area contributed by atoms with Gasteiger partial charge in [0.25, 0.3) is 11.8 Å².